The summed E-state index contributed by atoms with van der Waals surface area (Å²) in [5.41, 5.74) is 1.86. The van der Waals surface area contributed by atoms with Crippen molar-refractivity contribution >= 4 is 18.1 Å². The molecule has 1 aromatic carbocycles. The van der Waals surface area contributed by atoms with Gasteiger partial charge in [-0.3, -0.25) is 14.5 Å². The lowest BCUT2D eigenvalue weighted by molar-refractivity contribution is -0.127. The molecule has 6 nitrogen and oxygen atoms in total. The molecular weight excluding hydrogens is 366 g/mol. The number of nitrogens with zero attached hydrogens (tertiary/aromatic N) is 1. The molecule has 1 saturated heterocycles. The summed E-state index contributed by atoms with van der Waals surface area (Å²) in [6.45, 7) is 7.10. The van der Waals surface area contributed by atoms with Crippen LogP contribution in [0.2, 0.25) is 0 Å². The fourth-order valence-electron chi connectivity index (χ4n) is 4.56. The molecule has 0 spiro atoms. The molecule has 2 aliphatic rings. The van der Waals surface area contributed by atoms with Crippen molar-refractivity contribution in [3.05, 3.63) is 29.8 Å². The SMILES string of the molecule is CCN1CCCCC1CNC(=O)C1(Nc2ccc(C)cc2)CCCCC1.O=CO. The first kappa shape index (κ1) is 23.2. The summed E-state index contributed by atoms with van der Waals surface area (Å²) in [4.78, 5) is 24.1. The Balaban J connectivity index is 0.000000941. The summed E-state index contributed by atoms with van der Waals surface area (Å²) < 4.78 is 0. The van der Waals surface area contributed by atoms with E-state index < -0.39 is 5.54 Å². The smallest absolute Gasteiger partial charge is 0.290 e. The average Bonchev–Trinajstić information content (AvgIpc) is 2.75. The van der Waals surface area contributed by atoms with Gasteiger partial charge >= 0.3 is 0 Å². The van der Waals surface area contributed by atoms with Crippen LogP contribution in [0.4, 0.5) is 5.69 Å². The average molecular weight is 404 g/mol. The molecule has 1 unspecified atom stereocenters. The molecular formula is C23H37N3O3. The summed E-state index contributed by atoms with van der Waals surface area (Å²) in [5.74, 6) is 0.194. The van der Waals surface area contributed by atoms with Gasteiger partial charge in [0.15, 0.2) is 0 Å². The maximum absolute atomic E-state index is 13.2. The molecule has 1 aliphatic carbocycles. The van der Waals surface area contributed by atoms with Crippen LogP contribution in [0.15, 0.2) is 24.3 Å². The molecule has 6 heteroatoms. The molecule has 162 valence electrons. The van der Waals surface area contributed by atoms with E-state index in [1.807, 2.05) is 0 Å². The lowest BCUT2D eigenvalue weighted by Gasteiger charge is -2.39. The quantitative estimate of drug-likeness (QED) is 0.630. The Labute approximate surface area is 175 Å². The van der Waals surface area contributed by atoms with Crippen LogP contribution in [0.25, 0.3) is 0 Å². The Morgan fingerprint density at radius 2 is 1.83 bits per heavy atom. The Hall–Kier alpha value is -2.08. The van der Waals surface area contributed by atoms with Crippen LogP contribution in [0.5, 0.6) is 0 Å². The molecule has 0 bridgehead atoms. The van der Waals surface area contributed by atoms with Crippen LogP contribution in [-0.2, 0) is 9.59 Å². The number of carbonyl (C=O) groups excluding carboxylic acids is 1. The highest BCUT2D eigenvalue weighted by Gasteiger charge is 2.39. The maximum Gasteiger partial charge on any atom is 0.290 e. The largest absolute Gasteiger partial charge is 0.483 e. The second kappa shape index (κ2) is 11.8. The molecule has 1 saturated carbocycles. The van der Waals surface area contributed by atoms with Crippen molar-refractivity contribution in [2.45, 2.75) is 76.8 Å². The van der Waals surface area contributed by atoms with Crippen LogP contribution >= 0.6 is 0 Å². The minimum absolute atomic E-state index is 0.194. The van der Waals surface area contributed by atoms with Crippen molar-refractivity contribution in [2.24, 2.45) is 0 Å². The summed E-state index contributed by atoms with van der Waals surface area (Å²) in [5, 5.41) is 13.8. The standard InChI is InChI=1S/C22H35N3O.CH2O2/c1-3-25-16-8-5-9-20(25)17-23-21(26)22(14-6-4-7-15-22)24-19-12-10-18(2)11-13-19;2-1-3/h10-13,20,24H,3-9,14-17H2,1-2H3,(H,23,26);1H,(H,2,3). The highest BCUT2D eigenvalue weighted by atomic mass is 16.3. The second-order valence-corrected chi connectivity index (χ2v) is 8.23. The highest BCUT2D eigenvalue weighted by Crippen LogP contribution is 2.32. The maximum atomic E-state index is 13.2. The van der Waals surface area contributed by atoms with Gasteiger partial charge in [-0.05, 0) is 57.8 Å². The van der Waals surface area contributed by atoms with E-state index in [9.17, 15) is 4.79 Å². The zero-order valence-electron chi connectivity index (χ0n) is 18.0. The van der Waals surface area contributed by atoms with E-state index in [0.29, 0.717) is 6.04 Å². The Morgan fingerprint density at radius 1 is 1.17 bits per heavy atom. The van der Waals surface area contributed by atoms with E-state index in [0.717, 1.165) is 44.5 Å². The van der Waals surface area contributed by atoms with E-state index in [1.54, 1.807) is 0 Å². The van der Waals surface area contributed by atoms with Crippen LogP contribution in [-0.4, -0.2) is 53.6 Å². The Morgan fingerprint density at radius 3 is 2.45 bits per heavy atom. The number of hydrogen-bond donors (Lipinski definition) is 3. The van der Waals surface area contributed by atoms with Gasteiger partial charge in [0.1, 0.15) is 5.54 Å². The molecule has 1 aliphatic heterocycles. The van der Waals surface area contributed by atoms with Crippen LogP contribution < -0.4 is 10.6 Å². The van der Waals surface area contributed by atoms with Gasteiger partial charge in [-0.1, -0.05) is 50.3 Å². The second-order valence-electron chi connectivity index (χ2n) is 8.23. The number of carboxylic acid groups (broad SMARTS) is 1. The summed E-state index contributed by atoms with van der Waals surface area (Å²) in [6.07, 6.45) is 9.10. The number of anilines is 1. The van der Waals surface area contributed by atoms with Gasteiger partial charge in [0.05, 0.1) is 0 Å². The third-order valence-electron chi connectivity index (χ3n) is 6.23. The van der Waals surface area contributed by atoms with E-state index in [1.165, 1.54) is 37.8 Å². The molecule has 0 aromatic heterocycles. The lowest BCUT2D eigenvalue weighted by Crippen LogP contribution is -2.56. The van der Waals surface area contributed by atoms with Crippen molar-refractivity contribution in [1.82, 2.24) is 10.2 Å². The number of amides is 1. The third-order valence-corrected chi connectivity index (χ3v) is 6.23. The monoisotopic (exact) mass is 403 g/mol. The van der Waals surface area contributed by atoms with Gasteiger partial charge in [0.2, 0.25) is 5.91 Å². The number of likely N-dealkylation sites (tertiary alicyclic amines) is 1. The van der Waals surface area contributed by atoms with Crippen molar-refractivity contribution in [3.8, 4) is 0 Å². The molecule has 0 radical (unpaired) electrons. The van der Waals surface area contributed by atoms with Crippen molar-refractivity contribution in [1.29, 1.82) is 0 Å². The number of likely N-dealkylation sites (N-methyl/N-ethyl adjacent to an activating group) is 1. The normalized spacial score (nSPS) is 21.4. The first-order valence-corrected chi connectivity index (χ1v) is 11.0. The predicted octanol–water partition coefficient (Wildman–Crippen LogP) is 3.80. The zero-order chi connectivity index (χ0) is 21.1. The van der Waals surface area contributed by atoms with Crippen molar-refractivity contribution < 1.29 is 14.7 Å². The lowest BCUT2D eigenvalue weighted by atomic mass is 9.80. The number of benzene rings is 1. The van der Waals surface area contributed by atoms with Crippen molar-refractivity contribution in [2.75, 3.05) is 25.0 Å². The van der Waals surface area contributed by atoms with Gasteiger partial charge < -0.3 is 15.7 Å². The predicted molar refractivity (Wildman–Crippen MR) is 117 cm³/mol. The fraction of sp³-hybridized carbons (Fsp3) is 0.652. The minimum atomic E-state index is -0.445. The van der Waals surface area contributed by atoms with Crippen LogP contribution in [0.3, 0.4) is 0 Å². The number of nitrogens with one attached hydrogen (secondary N) is 2. The Bertz CT molecular complexity index is 627. The molecule has 1 amide bonds. The number of piperidine rings is 1. The fourth-order valence-corrected chi connectivity index (χ4v) is 4.56. The molecule has 3 rings (SSSR count). The number of aryl methyl sites for hydroxylation is 1. The number of rotatable bonds is 6. The first-order valence-electron chi connectivity index (χ1n) is 11.0. The van der Waals surface area contributed by atoms with Crippen molar-refractivity contribution in [3.63, 3.8) is 0 Å². The van der Waals surface area contributed by atoms with E-state index >= 15 is 0 Å². The molecule has 2 fully saturated rings. The van der Waals surface area contributed by atoms with Gasteiger partial charge in [-0.25, -0.2) is 0 Å². The van der Waals surface area contributed by atoms with Crippen LogP contribution in [0, 0.1) is 6.92 Å². The number of hydrogen-bond acceptors (Lipinski definition) is 4. The van der Waals surface area contributed by atoms with Gasteiger partial charge in [0.25, 0.3) is 6.47 Å². The minimum Gasteiger partial charge on any atom is -0.483 e. The topological polar surface area (TPSA) is 81.7 Å². The highest BCUT2D eigenvalue weighted by molar-refractivity contribution is 5.89. The van der Waals surface area contributed by atoms with E-state index in [2.05, 4.69) is 53.6 Å². The Kier molecular flexibility index (Phi) is 9.45. The van der Waals surface area contributed by atoms with Gasteiger partial charge in [0, 0.05) is 18.3 Å². The summed E-state index contributed by atoms with van der Waals surface area (Å²) >= 11 is 0. The van der Waals surface area contributed by atoms with E-state index in [4.69, 9.17) is 9.90 Å². The zero-order valence-corrected chi connectivity index (χ0v) is 18.0. The molecule has 29 heavy (non-hydrogen) atoms. The first-order chi connectivity index (χ1) is 14.0. The summed E-state index contributed by atoms with van der Waals surface area (Å²) in [7, 11) is 0. The van der Waals surface area contributed by atoms with Gasteiger partial charge in [-0.15, -0.1) is 0 Å². The molecule has 1 heterocycles. The molecule has 3 N–H and O–H groups in total. The van der Waals surface area contributed by atoms with Crippen LogP contribution in [0.1, 0.15) is 63.9 Å². The molecule has 1 atom stereocenters. The van der Waals surface area contributed by atoms with Gasteiger partial charge in [-0.2, -0.15) is 0 Å². The number of carbonyl (C=O) groups is 2. The molecule has 1 aromatic rings. The summed E-state index contributed by atoms with van der Waals surface area (Å²) in [6, 6.07) is 8.91. The third kappa shape index (κ3) is 6.74. The van der Waals surface area contributed by atoms with E-state index in [-0.39, 0.29) is 12.4 Å².